The Kier molecular flexibility index (Phi) is 6.11. The third-order valence-electron chi connectivity index (χ3n) is 3.52. The van der Waals surface area contributed by atoms with Crippen LogP contribution in [0.3, 0.4) is 0 Å². The molecule has 2 N–H and O–H groups in total. The van der Waals surface area contributed by atoms with E-state index in [9.17, 15) is 15.2 Å². The van der Waals surface area contributed by atoms with Crippen LogP contribution in [0.2, 0.25) is 0 Å². The average molecular weight is 400 g/mol. The first-order valence-corrected chi connectivity index (χ1v) is 9.97. The van der Waals surface area contributed by atoms with E-state index >= 15 is 0 Å². The summed E-state index contributed by atoms with van der Waals surface area (Å²) in [7, 11) is 0. The molecule has 2 aromatic heterocycles. The summed E-state index contributed by atoms with van der Waals surface area (Å²) in [6, 6.07) is 9.41. The zero-order valence-corrected chi connectivity index (χ0v) is 16.1. The van der Waals surface area contributed by atoms with Gasteiger partial charge in [0.25, 0.3) is 0 Å². The van der Waals surface area contributed by atoms with Gasteiger partial charge in [-0.15, -0.1) is 11.3 Å². The molecular formula is C18H16N4O3S2. The maximum Gasteiger partial charge on any atom is 0.311 e. The third-order valence-corrected chi connectivity index (χ3v) is 5.60. The van der Waals surface area contributed by atoms with E-state index in [-0.39, 0.29) is 29.5 Å². The van der Waals surface area contributed by atoms with Crippen LogP contribution in [0.1, 0.15) is 18.4 Å². The van der Waals surface area contributed by atoms with E-state index in [1.54, 1.807) is 12.3 Å². The molecule has 0 saturated carbocycles. The SMILES string of the molecule is CCOC(=O)Cc1csc(SCC(O)=C(C#N)c2nc3ccccc3[nH]2)n1. The molecular weight excluding hydrogens is 384 g/mol. The Morgan fingerprint density at radius 1 is 1.41 bits per heavy atom. The molecule has 0 spiro atoms. The minimum Gasteiger partial charge on any atom is -0.510 e. The number of esters is 1. The molecule has 0 amide bonds. The minimum absolute atomic E-state index is 0.0799. The number of rotatable bonds is 7. The predicted octanol–water partition coefficient (Wildman–Crippen LogP) is 3.71. The second kappa shape index (κ2) is 8.70. The number of imidazole rings is 1. The summed E-state index contributed by atoms with van der Waals surface area (Å²) in [5.74, 6) is 0.105. The van der Waals surface area contributed by atoms with E-state index in [0.29, 0.717) is 22.5 Å². The van der Waals surface area contributed by atoms with Crippen LogP contribution < -0.4 is 0 Å². The highest BCUT2D eigenvalue weighted by Gasteiger charge is 2.15. The van der Waals surface area contributed by atoms with Crippen molar-refractivity contribution >= 4 is 45.7 Å². The van der Waals surface area contributed by atoms with Gasteiger partial charge in [0, 0.05) is 5.38 Å². The number of nitrogens with one attached hydrogen (secondary N) is 1. The molecule has 0 aliphatic carbocycles. The highest BCUT2D eigenvalue weighted by atomic mass is 32.2. The first-order chi connectivity index (χ1) is 13.1. The van der Waals surface area contributed by atoms with Gasteiger partial charge < -0.3 is 14.8 Å². The van der Waals surface area contributed by atoms with Crippen LogP contribution in [0.4, 0.5) is 0 Å². The number of fused-ring (bicyclic) bond motifs is 1. The van der Waals surface area contributed by atoms with Gasteiger partial charge in [-0.05, 0) is 19.1 Å². The highest BCUT2D eigenvalue weighted by molar-refractivity contribution is 8.01. The number of nitriles is 1. The standard InChI is InChI=1S/C18H16N4O3S2/c1-2-25-16(24)7-11-9-26-18(20-11)27-10-15(23)12(8-19)17-21-13-5-3-4-6-14(13)22-17/h3-6,9,23H,2,7,10H2,1H3,(H,21,22). The van der Waals surface area contributed by atoms with Crippen molar-refractivity contribution in [1.29, 1.82) is 5.26 Å². The van der Waals surface area contributed by atoms with Gasteiger partial charge in [0.2, 0.25) is 0 Å². The van der Waals surface area contributed by atoms with Crippen molar-refractivity contribution in [3.8, 4) is 6.07 Å². The number of allylic oxidation sites excluding steroid dienone is 1. The van der Waals surface area contributed by atoms with Crippen molar-refractivity contribution in [2.75, 3.05) is 12.4 Å². The third kappa shape index (κ3) is 4.67. The predicted molar refractivity (Wildman–Crippen MR) is 104 cm³/mol. The van der Waals surface area contributed by atoms with Crippen LogP contribution >= 0.6 is 23.1 Å². The lowest BCUT2D eigenvalue weighted by Gasteiger charge is -2.01. The van der Waals surface area contributed by atoms with E-state index in [2.05, 4.69) is 15.0 Å². The molecule has 0 saturated heterocycles. The number of aromatic amines is 1. The van der Waals surface area contributed by atoms with Crippen molar-refractivity contribution in [1.82, 2.24) is 15.0 Å². The van der Waals surface area contributed by atoms with Crippen LogP contribution in [-0.2, 0) is 16.0 Å². The number of ether oxygens (including phenoxy) is 1. The van der Waals surface area contributed by atoms with E-state index in [4.69, 9.17) is 4.74 Å². The molecule has 27 heavy (non-hydrogen) atoms. The van der Waals surface area contributed by atoms with Crippen molar-refractivity contribution in [2.45, 2.75) is 17.7 Å². The summed E-state index contributed by atoms with van der Waals surface area (Å²) in [6.45, 7) is 2.09. The van der Waals surface area contributed by atoms with Gasteiger partial charge in [-0.25, -0.2) is 9.97 Å². The van der Waals surface area contributed by atoms with E-state index in [1.807, 2.05) is 30.3 Å². The zero-order valence-electron chi connectivity index (χ0n) is 14.4. The number of hydrogen-bond donors (Lipinski definition) is 2. The number of hydrogen-bond acceptors (Lipinski definition) is 8. The van der Waals surface area contributed by atoms with E-state index in [0.717, 1.165) is 11.0 Å². The number of H-pyrrole nitrogens is 1. The lowest BCUT2D eigenvalue weighted by atomic mass is 10.2. The van der Waals surface area contributed by atoms with Gasteiger partial charge in [0.05, 0.1) is 35.5 Å². The number of carbonyl (C=O) groups is 1. The van der Waals surface area contributed by atoms with Gasteiger partial charge in [-0.1, -0.05) is 23.9 Å². The smallest absolute Gasteiger partial charge is 0.311 e. The Hall–Kier alpha value is -2.83. The van der Waals surface area contributed by atoms with Crippen LogP contribution in [0.5, 0.6) is 0 Å². The fourth-order valence-corrected chi connectivity index (χ4v) is 4.05. The molecule has 7 nitrogen and oxygen atoms in total. The number of thiazole rings is 1. The number of benzene rings is 1. The Morgan fingerprint density at radius 3 is 2.96 bits per heavy atom. The van der Waals surface area contributed by atoms with Gasteiger partial charge in [-0.3, -0.25) is 4.79 Å². The Morgan fingerprint density at radius 2 is 2.22 bits per heavy atom. The molecule has 3 aromatic rings. The largest absolute Gasteiger partial charge is 0.510 e. The van der Waals surface area contributed by atoms with Gasteiger partial charge in [0.1, 0.15) is 17.4 Å². The highest BCUT2D eigenvalue weighted by Crippen LogP contribution is 2.27. The molecule has 0 aliphatic rings. The summed E-state index contributed by atoms with van der Waals surface area (Å²) >= 11 is 2.66. The first-order valence-electron chi connectivity index (χ1n) is 8.10. The molecule has 0 radical (unpaired) electrons. The summed E-state index contributed by atoms with van der Waals surface area (Å²) in [6.07, 6.45) is 0.120. The van der Waals surface area contributed by atoms with Gasteiger partial charge in [0.15, 0.2) is 10.2 Å². The summed E-state index contributed by atoms with van der Waals surface area (Å²) in [5, 5.41) is 21.6. The van der Waals surface area contributed by atoms with Crippen LogP contribution in [0.15, 0.2) is 39.7 Å². The summed E-state index contributed by atoms with van der Waals surface area (Å²) in [4.78, 5) is 23.2. The Labute approximate surface area is 163 Å². The maximum atomic E-state index is 11.5. The number of para-hydroxylation sites is 2. The van der Waals surface area contributed by atoms with Crippen molar-refractivity contribution in [2.24, 2.45) is 0 Å². The molecule has 0 atom stereocenters. The minimum atomic E-state index is -0.321. The monoisotopic (exact) mass is 400 g/mol. The fourth-order valence-electron chi connectivity index (χ4n) is 2.32. The topological polar surface area (TPSA) is 112 Å². The van der Waals surface area contributed by atoms with Crippen molar-refractivity contribution < 1.29 is 14.6 Å². The van der Waals surface area contributed by atoms with Gasteiger partial charge in [-0.2, -0.15) is 5.26 Å². The second-order valence-corrected chi connectivity index (χ2v) is 7.49. The second-order valence-electron chi connectivity index (χ2n) is 5.41. The number of nitrogens with zero attached hydrogens (tertiary/aromatic N) is 3. The average Bonchev–Trinajstić information content (AvgIpc) is 3.27. The zero-order chi connectivity index (χ0) is 19.2. The van der Waals surface area contributed by atoms with Gasteiger partial charge >= 0.3 is 5.97 Å². The molecule has 3 rings (SSSR count). The number of aliphatic hydroxyl groups is 1. The van der Waals surface area contributed by atoms with E-state index < -0.39 is 0 Å². The van der Waals surface area contributed by atoms with Crippen molar-refractivity contribution in [3.63, 3.8) is 0 Å². The summed E-state index contributed by atoms with van der Waals surface area (Å²) in [5.41, 5.74) is 2.25. The molecule has 0 bridgehead atoms. The maximum absolute atomic E-state index is 11.5. The lowest BCUT2D eigenvalue weighted by Crippen LogP contribution is -2.07. The Balaban J connectivity index is 1.69. The normalized spacial score (nSPS) is 11.9. The van der Waals surface area contributed by atoms with Crippen molar-refractivity contribution in [3.05, 3.63) is 46.9 Å². The Bertz CT molecular complexity index is 1000. The molecule has 2 heterocycles. The molecule has 0 unspecified atom stereocenters. The number of aliphatic hydroxyl groups excluding tert-OH is 1. The van der Waals surface area contributed by atoms with Crippen LogP contribution in [-0.4, -0.2) is 38.4 Å². The van der Waals surface area contributed by atoms with Crippen LogP contribution in [0, 0.1) is 11.3 Å². The lowest BCUT2D eigenvalue weighted by molar-refractivity contribution is -0.142. The number of carbonyl (C=O) groups excluding carboxylic acids is 1. The fraction of sp³-hybridized carbons (Fsp3) is 0.222. The first kappa shape index (κ1) is 18.9. The van der Waals surface area contributed by atoms with E-state index in [1.165, 1.54) is 23.1 Å². The molecule has 138 valence electrons. The number of aromatic nitrogens is 3. The molecule has 0 fully saturated rings. The summed E-state index contributed by atoms with van der Waals surface area (Å²) < 4.78 is 5.60. The molecule has 1 aromatic carbocycles. The van der Waals surface area contributed by atoms with Crippen LogP contribution in [0.25, 0.3) is 16.6 Å². The molecule has 0 aliphatic heterocycles. The molecule has 9 heteroatoms. The quantitative estimate of drug-likeness (QED) is 0.269. The number of thioether (sulfide) groups is 1.